The van der Waals surface area contributed by atoms with E-state index in [4.69, 9.17) is 0 Å². The van der Waals surface area contributed by atoms with E-state index < -0.39 is 0 Å². The van der Waals surface area contributed by atoms with Gasteiger partial charge in [0.15, 0.2) is 0 Å². The molecule has 1 nitrogen and oxygen atoms in total. The van der Waals surface area contributed by atoms with Gasteiger partial charge in [-0.2, -0.15) is 0 Å². The smallest absolute Gasteiger partial charge is 0.0534 e. The lowest BCUT2D eigenvalue weighted by molar-refractivity contribution is 1.12. The van der Waals surface area contributed by atoms with Gasteiger partial charge in [0, 0.05) is 11.9 Å². The Kier molecular flexibility index (Phi) is 3.27. The van der Waals surface area contributed by atoms with Crippen LogP contribution in [0.4, 0.5) is 0 Å². The second kappa shape index (κ2) is 5.44. The van der Waals surface area contributed by atoms with Crippen molar-refractivity contribution in [2.75, 3.05) is 0 Å². The summed E-state index contributed by atoms with van der Waals surface area (Å²) >= 11 is 0. The highest BCUT2D eigenvalue weighted by molar-refractivity contribution is 5.86. The molecule has 0 bridgehead atoms. The van der Waals surface area contributed by atoms with Gasteiger partial charge in [0.1, 0.15) is 0 Å². The van der Waals surface area contributed by atoms with Gasteiger partial charge in [0.2, 0.25) is 0 Å². The molecule has 112 valence electrons. The first-order valence-electron chi connectivity index (χ1n) is 7.96. The summed E-state index contributed by atoms with van der Waals surface area (Å²) in [6, 6.07) is 26.2. The van der Waals surface area contributed by atoms with Crippen molar-refractivity contribution >= 4 is 10.9 Å². The number of nitrogens with zero attached hydrogens (tertiary/aromatic N) is 1. The van der Waals surface area contributed by atoms with Crippen LogP contribution in [0.15, 0.2) is 79.0 Å². The van der Waals surface area contributed by atoms with Gasteiger partial charge in [-0.15, -0.1) is 0 Å². The predicted molar refractivity (Wildman–Crippen MR) is 98.2 cm³/mol. The molecular formula is C22H19N. The van der Waals surface area contributed by atoms with E-state index in [-0.39, 0.29) is 0 Å². The first-order chi connectivity index (χ1) is 11.2. The number of aromatic nitrogens is 1. The van der Waals surface area contributed by atoms with Crippen molar-refractivity contribution in [3.8, 4) is 16.8 Å². The molecule has 1 heterocycles. The highest BCUT2D eigenvalue weighted by Gasteiger charge is 2.05. The molecule has 0 spiro atoms. The van der Waals surface area contributed by atoms with Crippen molar-refractivity contribution in [1.82, 2.24) is 4.57 Å². The Morgan fingerprint density at radius 1 is 0.609 bits per heavy atom. The molecular weight excluding hydrogens is 278 g/mol. The number of benzene rings is 3. The molecule has 3 aromatic carbocycles. The van der Waals surface area contributed by atoms with Gasteiger partial charge in [-0.25, -0.2) is 0 Å². The van der Waals surface area contributed by atoms with E-state index in [0.29, 0.717) is 0 Å². The minimum absolute atomic E-state index is 1.20. The van der Waals surface area contributed by atoms with Crippen LogP contribution in [0, 0.1) is 13.8 Å². The Bertz CT molecular complexity index is 957. The third-order valence-corrected chi connectivity index (χ3v) is 4.39. The molecule has 0 aliphatic carbocycles. The minimum Gasteiger partial charge on any atom is -0.317 e. The second-order valence-corrected chi connectivity index (χ2v) is 6.16. The van der Waals surface area contributed by atoms with Crippen LogP contribution in [0.5, 0.6) is 0 Å². The molecule has 0 aliphatic rings. The van der Waals surface area contributed by atoms with Crippen LogP contribution in [0.3, 0.4) is 0 Å². The fourth-order valence-corrected chi connectivity index (χ4v) is 2.98. The van der Waals surface area contributed by atoms with E-state index >= 15 is 0 Å². The van der Waals surface area contributed by atoms with Gasteiger partial charge >= 0.3 is 0 Å². The van der Waals surface area contributed by atoms with Crippen LogP contribution >= 0.6 is 0 Å². The lowest BCUT2D eigenvalue weighted by Gasteiger charge is -2.08. The van der Waals surface area contributed by atoms with Crippen LogP contribution in [-0.4, -0.2) is 4.57 Å². The molecule has 0 saturated heterocycles. The Morgan fingerprint density at radius 3 is 1.91 bits per heavy atom. The molecule has 0 unspecified atom stereocenters. The van der Waals surface area contributed by atoms with Crippen LogP contribution in [-0.2, 0) is 0 Å². The first kappa shape index (κ1) is 13.8. The summed E-state index contributed by atoms with van der Waals surface area (Å²) in [4.78, 5) is 0. The summed E-state index contributed by atoms with van der Waals surface area (Å²) < 4.78 is 2.26. The molecule has 0 atom stereocenters. The molecule has 23 heavy (non-hydrogen) atoms. The monoisotopic (exact) mass is 297 g/mol. The highest BCUT2D eigenvalue weighted by atomic mass is 15.0. The van der Waals surface area contributed by atoms with Crippen LogP contribution in [0.2, 0.25) is 0 Å². The van der Waals surface area contributed by atoms with Crippen molar-refractivity contribution in [2.45, 2.75) is 13.8 Å². The van der Waals surface area contributed by atoms with Gasteiger partial charge in [0.05, 0.1) is 5.52 Å². The van der Waals surface area contributed by atoms with Gasteiger partial charge in [-0.1, -0.05) is 59.7 Å². The molecule has 0 saturated carbocycles. The van der Waals surface area contributed by atoms with Gasteiger partial charge in [-0.05, 0) is 54.6 Å². The zero-order valence-electron chi connectivity index (χ0n) is 13.5. The third-order valence-electron chi connectivity index (χ3n) is 4.39. The lowest BCUT2D eigenvalue weighted by atomic mass is 10.0. The molecule has 0 radical (unpaired) electrons. The fraction of sp³-hybridized carbons (Fsp3) is 0.0909. The standard InChI is InChI=1S/C22H19N/c1-16-3-7-18(8-4-16)20-10-9-19-13-14-23(22(19)15-20)21-11-5-17(2)6-12-21/h3-15H,1-2H3. The number of rotatable bonds is 2. The number of aryl methyl sites for hydroxylation is 2. The van der Waals surface area contributed by atoms with E-state index in [1.54, 1.807) is 0 Å². The largest absolute Gasteiger partial charge is 0.317 e. The van der Waals surface area contributed by atoms with Crippen molar-refractivity contribution in [2.24, 2.45) is 0 Å². The van der Waals surface area contributed by atoms with Gasteiger partial charge in [-0.3, -0.25) is 0 Å². The summed E-state index contributed by atoms with van der Waals surface area (Å²) in [7, 11) is 0. The van der Waals surface area contributed by atoms with Gasteiger partial charge in [0.25, 0.3) is 0 Å². The van der Waals surface area contributed by atoms with Crippen LogP contribution < -0.4 is 0 Å². The average Bonchev–Trinajstić information content (AvgIpc) is 2.99. The Labute approximate surface area is 136 Å². The number of fused-ring (bicyclic) bond motifs is 1. The summed E-state index contributed by atoms with van der Waals surface area (Å²) in [5.41, 5.74) is 7.53. The van der Waals surface area contributed by atoms with Crippen LogP contribution in [0.25, 0.3) is 27.7 Å². The third kappa shape index (κ3) is 2.55. The summed E-state index contributed by atoms with van der Waals surface area (Å²) in [6.07, 6.45) is 2.15. The molecule has 0 amide bonds. The van der Waals surface area contributed by atoms with E-state index in [1.807, 2.05) is 0 Å². The highest BCUT2D eigenvalue weighted by Crippen LogP contribution is 2.27. The topological polar surface area (TPSA) is 4.93 Å². The maximum absolute atomic E-state index is 2.28. The summed E-state index contributed by atoms with van der Waals surface area (Å²) in [5, 5.41) is 1.27. The molecule has 1 heteroatoms. The average molecular weight is 297 g/mol. The molecule has 1 aromatic heterocycles. The van der Waals surface area contributed by atoms with E-state index in [9.17, 15) is 0 Å². The van der Waals surface area contributed by atoms with Crippen molar-refractivity contribution in [3.05, 3.63) is 90.1 Å². The zero-order valence-corrected chi connectivity index (χ0v) is 13.5. The molecule has 0 aliphatic heterocycles. The second-order valence-electron chi connectivity index (χ2n) is 6.16. The maximum Gasteiger partial charge on any atom is 0.0534 e. The normalized spacial score (nSPS) is 11.0. The molecule has 4 rings (SSSR count). The SMILES string of the molecule is Cc1ccc(-c2ccc3ccn(-c4ccc(C)cc4)c3c2)cc1. The minimum atomic E-state index is 1.20. The summed E-state index contributed by atoms with van der Waals surface area (Å²) in [6.45, 7) is 4.24. The van der Waals surface area contributed by atoms with E-state index in [0.717, 1.165) is 0 Å². The van der Waals surface area contributed by atoms with E-state index in [2.05, 4.69) is 97.4 Å². The Hall–Kier alpha value is -2.80. The Morgan fingerprint density at radius 2 is 1.22 bits per heavy atom. The quantitative estimate of drug-likeness (QED) is 0.433. The van der Waals surface area contributed by atoms with Crippen LogP contribution in [0.1, 0.15) is 11.1 Å². The number of hydrogen-bond acceptors (Lipinski definition) is 0. The predicted octanol–water partition coefficient (Wildman–Crippen LogP) is 5.91. The van der Waals surface area contributed by atoms with E-state index in [1.165, 1.54) is 38.8 Å². The number of hydrogen-bond donors (Lipinski definition) is 0. The van der Waals surface area contributed by atoms with Crippen molar-refractivity contribution in [3.63, 3.8) is 0 Å². The van der Waals surface area contributed by atoms with Gasteiger partial charge < -0.3 is 4.57 Å². The lowest BCUT2D eigenvalue weighted by Crippen LogP contribution is -1.92. The molecule has 0 N–H and O–H groups in total. The molecule has 0 fully saturated rings. The maximum atomic E-state index is 2.28. The summed E-state index contributed by atoms with van der Waals surface area (Å²) in [5.74, 6) is 0. The Balaban J connectivity index is 1.86. The van der Waals surface area contributed by atoms with Crippen molar-refractivity contribution in [1.29, 1.82) is 0 Å². The zero-order chi connectivity index (χ0) is 15.8. The molecule has 4 aromatic rings. The first-order valence-corrected chi connectivity index (χ1v) is 7.96. The van der Waals surface area contributed by atoms with Crippen molar-refractivity contribution < 1.29 is 0 Å². The fourth-order valence-electron chi connectivity index (χ4n) is 2.98.